The van der Waals surface area contributed by atoms with Crippen LogP contribution in [0.2, 0.25) is 0 Å². The van der Waals surface area contributed by atoms with Gasteiger partial charge in [0.1, 0.15) is 35.7 Å². The third-order valence-corrected chi connectivity index (χ3v) is 4.59. The lowest BCUT2D eigenvalue weighted by atomic mass is 9.97. The summed E-state index contributed by atoms with van der Waals surface area (Å²) in [5.41, 5.74) is 0.411. The molecule has 5 atom stereocenters. The van der Waals surface area contributed by atoms with Crippen LogP contribution in [0.25, 0.3) is 10.3 Å². The highest BCUT2D eigenvalue weighted by atomic mass is 32.1. The Balaban J connectivity index is 1.86. The predicted octanol–water partition coefficient (Wildman–Crippen LogP) is -0.823. The van der Waals surface area contributed by atoms with Crippen molar-refractivity contribution in [2.24, 2.45) is 0 Å². The predicted molar refractivity (Wildman–Crippen MR) is 86.4 cm³/mol. The second kappa shape index (κ2) is 7.10. The van der Waals surface area contributed by atoms with Gasteiger partial charge in [-0.15, -0.1) is 0 Å². The van der Waals surface area contributed by atoms with Crippen molar-refractivity contribution in [2.45, 2.75) is 37.6 Å². The van der Waals surface area contributed by atoms with E-state index in [9.17, 15) is 24.9 Å². The average Bonchev–Trinajstić information content (AvgIpc) is 2.93. The molecule has 10 heteroatoms. The first-order chi connectivity index (χ1) is 11.9. The number of aliphatic hydroxyl groups excluding tert-OH is 3. The molecule has 0 aliphatic carbocycles. The van der Waals surface area contributed by atoms with Crippen molar-refractivity contribution in [1.82, 2.24) is 5.32 Å². The number of aliphatic hydroxyl groups is 3. The topological polar surface area (TPSA) is 138 Å². The van der Waals surface area contributed by atoms with Crippen molar-refractivity contribution in [3.05, 3.63) is 27.9 Å². The van der Waals surface area contributed by atoms with Crippen molar-refractivity contribution in [3.8, 4) is 5.75 Å². The van der Waals surface area contributed by atoms with Crippen LogP contribution in [0.1, 0.15) is 6.92 Å². The summed E-state index contributed by atoms with van der Waals surface area (Å²) in [5.74, 6) is -0.135. The van der Waals surface area contributed by atoms with Crippen LogP contribution >= 0.6 is 11.3 Å². The van der Waals surface area contributed by atoms with Gasteiger partial charge in [0.25, 0.3) is 0 Å². The first kappa shape index (κ1) is 17.8. The highest BCUT2D eigenvalue weighted by Gasteiger charge is 2.46. The Morgan fingerprint density at radius 2 is 2.12 bits per heavy atom. The molecule has 4 N–H and O–H groups in total. The monoisotopic (exact) mass is 371 g/mol. The molecule has 0 radical (unpaired) electrons. The van der Waals surface area contributed by atoms with Gasteiger partial charge in [0.15, 0.2) is 0 Å². The minimum absolute atomic E-state index is 0.310. The summed E-state index contributed by atoms with van der Waals surface area (Å²) in [6, 6.07) is 3.60. The van der Waals surface area contributed by atoms with E-state index in [4.69, 9.17) is 13.9 Å². The summed E-state index contributed by atoms with van der Waals surface area (Å²) in [4.78, 5) is 22.2. The van der Waals surface area contributed by atoms with Gasteiger partial charge in [-0.05, 0) is 12.1 Å². The van der Waals surface area contributed by atoms with Crippen LogP contribution in [0.4, 0.5) is 0 Å². The van der Waals surface area contributed by atoms with Gasteiger partial charge in [-0.3, -0.25) is 4.79 Å². The minimum atomic E-state index is -1.39. The number of ether oxygens (including phenoxy) is 2. The number of nitrogens with one attached hydrogen (secondary N) is 1. The molecule has 2 heterocycles. The smallest absolute Gasteiger partial charge is 0.396 e. The molecule has 1 aliphatic rings. The number of carbonyl (C=O) groups excluding carboxylic acids is 1. The molecule has 0 unspecified atom stereocenters. The zero-order valence-electron chi connectivity index (χ0n) is 13.1. The quantitative estimate of drug-likeness (QED) is 0.547. The van der Waals surface area contributed by atoms with E-state index in [1.165, 1.54) is 13.0 Å². The van der Waals surface area contributed by atoms with Crippen LogP contribution in [0.5, 0.6) is 5.75 Å². The average molecular weight is 371 g/mol. The molecule has 0 bridgehead atoms. The first-order valence-corrected chi connectivity index (χ1v) is 8.30. The number of fused-ring (bicyclic) bond motifs is 1. The molecule has 1 saturated heterocycles. The Labute approximate surface area is 145 Å². The molecule has 9 nitrogen and oxygen atoms in total. The Bertz CT molecular complexity index is 817. The fourth-order valence-corrected chi connectivity index (χ4v) is 3.33. The third-order valence-electron chi connectivity index (χ3n) is 3.80. The minimum Gasteiger partial charge on any atom is -0.463 e. The SMILES string of the molecule is CC(=O)N[C@H]1[C@@H](Oc2ccc3oc(=O)sc3c2)O[C@@H](CO)[C@@H](O)[C@H]1O. The number of carbonyl (C=O) groups is 1. The molecule has 0 spiro atoms. The second-order valence-corrected chi connectivity index (χ2v) is 6.59. The van der Waals surface area contributed by atoms with Crippen molar-refractivity contribution in [1.29, 1.82) is 0 Å². The zero-order valence-corrected chi connectivity index (χ0v) is 13.9. The Kier molecular flexibility index (Phi) is 5.06. The standard InChI is InChI=1S/C15H17NO8S/c1-6(18)16-11-13(20)12(19)9(5-17)23-14(11)22-7-2-3-8-10(4-7)25-15(21)24-8/h2-4,9,11-14,17,19-20H,5H2,1H3,(H,16,18)/t9-,11+,12+,13-,14-/m0/s1. The summed E-state index contributed by atoms with van der Waals surface area (Å²) in [6.45, 7) is 0.719. The largest absolute Gasteiger partial charge is 0.463 e. The lowest BCUT2D eigenvalue weighted by Gasteiger charge is -2.42. The summed E-state index contributed by atoms with van der Waals surface area (Å²) < 4.78 is 16.7. The van der Waals surface area contributed by atoms with Gasteiger partial charge in [0.05, 0.1) is 11.3 Å². The number of rotatable bonds is 4. The van der Waals surface area contributed by atoms with Crippen LogP contribution in [0.15, 0.2) is 27.4 Å². The van der Waals surface area contributed by atoms with Gasteiger partial charge in [-0.25, -0.2) is 4.79 Å². The lowest BCUT2D eigenvalue weighted by molar-refractivity contribution is -0.244. The Morgan fingerprint density at radius 1 is 1.36 bits per heavy atom. The molecule has 0 saturated carbocycles. The molecule has 1 aliphatic heterocycles. The highest BCUT2D eigenvalue weighted by molar-refractivity contribution is 7.16. The normalized spacial score (nSPS) is 29.5. The van der Waals surface area contributed by atoms with Gasteiger partial charge in [0.2, 0.25) is 12.2 Å². The molecule has 3 rings (SSSR count). The van der Waals surface area contributed by atoms with E-state index >= 15 is 0 Å². The van der Waals surface area contributed by atoms with E-state index in [-0.39, 0.29) is 0 Å². The van der Waals surface area contributed by atoms with E-state index in [0.29, 0.717) is 16.0 Å². The molecule has 2 aromatic rings. The Hall–Kier alpha value is -1.98. The molecule has 1 amide bonds. The maximum atomic E-state index is 11.4. The van der Waals surface area contributed by atoms with E-state index in [1.807, 2.05) is 0 Å². The summed E-state index contributed by atoms with van der Waals surface area (Å²) in [7, 11) is 0. The maximum absolute atomic E-state index is 11.4. The third kappa shape index (κ3) is 3.67. The molecule has 1 fully saturated rings. The fourth-order valence-electron chi connectivity index (χ4n) is 2.63. The fraction of sp³-hybridized carbons (Fsp3) is 0.467. The van der Waals surface area contributed by atoms with E-state index in [2.05, 4.69) is 5.32 Å². The van der Waals surface area contributed by atoms with Gasteiger partial charge >= 0.3 is 4.94 Å². The van der Waals surface area contributed by atoms with Gasteiger partial charge in [0, 0.05) is 13.0 Å². The number of hydrogen-bond acceptors (Lipinski definition) is 9. The number of hydrogen-bond donors (Lipinski definition) is 4. The summed E-state index contributed by atoms with van der Waals surface area (Å²) >= 11 is 0.904. The molecule has 25 heavy (non-hydrogen) atoms. The van der Waals surface area contributed by atoms with E-state index < -0.39 is 48.1 Å². The second-order valence-electron chi connectivity index (χ2n) is 5.61. The first-order valence-electron chi connectivity index (χ1n) is 7.49. The molecule has 136 valence electrons. The van der Waals surface area contributed by atoms with Gasteiger partial charge in [-0.1, -0.05) is 11.3 Å². The summed E-state index contributed by atoms with van der Waals surface area (Å²) in [6.07, 6.45) is -5.00. The van der Waals surface area contributed by atoms with Crippen molar-refractivity contribution in [2.75, 3.05) is 6.61 Å². The van der Waals surface area contributed by atoms with Crippen LogP contribution < -0.4 is 15.0 Å². The van der Waals surface area contributed by atoms with Gasteiger partial charge < -0.3 is 34.5 Å². The van der Waals surface area contributed by atoms with Crippen molar-refractivity contribution in [3.63, 3.8) is 0 Å². The highest BCUT2D eigenvalue weighted by Crippen LogP contribution is 2.27. The molecular weight excluding hydrogens is 354 g/mol. The number of amides is 1. The molecule has 1 aromatic carbocycles. The Morgan fingerprint density at radius 3 is 2.80 bits per heavy atom. The van der Waals surface area contributed by atoms with Crippen molar-refractivity contribution >= 4 is 27.5 Å². The van der Waals surface area contributed by atoms with E-state index in [1.54, 1.807) is 12.1 Å². The van der Waals surface area contributed by atoms with Crippen LogP contribution in [0.3, 0.4) is 0 Å². The van der Waals surface area contributed by atoms with Crippen molar-refractivity contribution < 1.29 is 34.0 Å². The van der Waals surface area contributed by atoms with Gasteiger partial charge in [-0.2, -0.15) is 0 Å². The van der Waals surface area contributed by atoms with E-state index in [0.717, 1.165) is 11.3 Å². The zero-order chi connectivity index (χ0) is 18.1. The summed E-state index contributed by atoms with van der Waals surface area (Å²) in [5, 5.41) is 31.9. The lowest BCUT2D eigenvalue weighted by Crippen LogP contribution is -2.65. The van der Waals surface area contributed by atoms with Crippen LogP contribution in [-0.4, -0.2) is 58.5 Å². The van der Waals surface area contributed by atoms with Crippen LogP contribution in [-0.2, 0) is 9.53 Å². The maximum Gasteiger partial charge on any atom is 0.396 e. The molecular formula is C15H17NO8S. The molecule has 1 aromatic heterocycles. The number of benzene rings is 1. The van der Waals surface area contributed by atoms with Crippen LogP contribution in [0, 0.1) is 0 Å².